The quantitative estimate of drug-likeness (QED) is 0.715. The number of amides is 1. The molecule has 1 amide bonds. The Labute approximate surface area is 160 Å². The van der Waals surface area contributed by atoms with Crippen molar-refractivity contribution in [1.29, 1.82) is 0 Å². The summed E-state index contributed by atoms with van der Waals surface area (Å²) < 4.78 is 15.4. The molecular weight excluding hydrogens is 381 g/mol. The first-order valence-electron chi connectivity index (χ1n) is 7.60. The normalized spacial score (nSPS) is 11.4. The van der Waals surface area contributed by atoms with Gasteiger partial charge in [-0.15, -0.1) is 0 Å². The Bertz CT molecular complexity index is 759. The summed E-state index contributed by atoms with van der Waals surface area (Å²) in [7, 11) is 1.55. The van der Waals surface area contributed by atoms with E-state index in [1.165, 1.54) is 19.1 Å². The van der Waals surface area contributed by atoms with Gasteiger partial charge in [0.2, 0.25) is 0 Å². The van der Waals surface area contributed by atoms with E-state index in [0.717, 1.165) is 0 Å². The summed E-state index contributed by atoms with van der Waals surface area (Å²) in [5.74, 6) is -0.0338. The van der Waals surface area contributed by atoms with Crippen molar-refractivity contribution >= 4 is 40.8 Å². The van der Waals surface area contributed by atoms with Gasteiger partial charge in [0, 0.05) is 15.7 Å². The van der Waals surface area contributed by atoms with Crippen molar-refractivity contribution in [3.8, 4) is 11.5 Å². The average Bonchev–Trinajstić information content (AvgIpc) is 2.59. The number of benzene rings is 2. The molecule has 2 aromatic rings. The van der Waals surface area contributed by atoms with Crippen molar-refractivity contribution in [2.24, 2.45) is 0 Å². The van der Waals surface area contributed by atoms with Crippen molar-refractivity contribution in [2.45, 2.75) is 13.0 Å². The molecule has 1 N–H and O–H groups in total. The van der Waals surface area contributed by atoms with Crippen LogP contribution in [0, 0.1) is 0 Å². The Morgan fingerprint density at radius 3 is 2.19 bits per heavy atom. The predicted octanol–water partition coefficient (Wildman–Crippen LogP) is 3.95. The van der Waals surface area contributed by atoms with Crippen LogP contribution in [-0.2, 0) is 14.3 Å². The Hall–Kier alpha value is -2.44. The van der Waals surface area contributed by atoms with E-state index >= 15 is 0 Å². The van der Waals surface area contributed by atoms with Gasteiger partial charge in [-0.2, -0.15) is 0 Å². The van der Waals surface area contributed by atoms with Crippen molar-refractivity contribution in [2.75, 3.05) is 19.0 Å². The highest BCUT2D eigenvalue weighted by atomic mass is 35.5. The van der Waals surface area contributed by atoms with Crippen LogP contribution in [0.2, 0.25) is 10.0 Å². The van der Waals surface area contributed by atoms with Gasteiger partial charge in [0.25, 0.3) is 5.91 Å². The molecule has 0 spiro atoms. The molecule has 0 radical (unpaired) electrons. The zero-order valence-electron chi connectivity index (χ0n) is 14.1. The lowest BCUT2D eigenvalue weighted by atomic mass is 10.3. The van der Waals surface area contributed by atoms with Crippen LogP contribution in [0.1, 0.15) is 6.92 Å². The van der Waals surface area contributed by atoms with Gasteiger partial charge in [-0.3, -0.25) is 4.79 Å². The predicted molar refractivity (Wildman–Crippen MR) is 99.1 cm³/mol. The minimum Gasteiger partial charge on any atom is -0.497 e. The van der Waals surface area contributed by atoms with Crippen molar-refractivity contribution in [1.82, 2.24) is 0 Å². The number of carbonyl (C=O) groups is 2. The lowest BCUT2D eigenvalue weighted by Gasteiger charge is -2.14. The molecule has 0 aliphatic heterocycles. The summed E-state index contributed by atoms with van der Waals surface area (Å²) in [5, 5.41) is 3.34. The Kier molecular flexibility index (Phi) is 7.12. The molecule has 1 atom stereocenters. The highest BCUT2D eigenvalue weighted by Gasteiger charge is 2.18. The number of rotatable bonds is 7. The maximum absolute atomic E-state index is 12.1. The lowest BCUT2D eigenvalue weighted by molar-refractivity contribution is -0.155. The van der Waals surface area contributed by atoms with Crippen LogP contribution in [0.15, 0.2) is 42.5 Å². The molecule has 1 unspecified atom stereocenters. The third-order valence-corrected chi connectivity index (χ3v) is 3.66. The fourth-order valence-electron chi connectivity index (χ4n) is 1.97. The van der Waals surface area contributed by atoms with Gasteiger partial charge in [-0.1, -0.05) is 23.2 Å². The van der Waals surface area contributed by atoms with Gasteiger partial charge < -0.3 is 19.5 Å². The SMILES string of the molecule is COc1ccc(OCC(=O)OC(C)C(=O)Nc2cc(Cl)cc(Cl)c2)cc1. The minimum atomic E-state index is -1.01. The van der Waals surface area contributed by atoms with E-state index in [-0.39, 0.29) is 6.61 Å². The van der Waals surface area contributed by atoms with Crippen molar-refractivity contribution in [3.63, 3.8) is 0 Å². The highest BCUT2D eigenvalue weighted by molar-refractivity contribution is 6.35. The molecule has 0 aromatic heterocycles. The number of halogens is 2. The number of methoxy groups -OCH3 is 1. The maximum atomic E-state index is 12.1. The molecule has 0 aliphatic rings. The first-order valence-corrected chi connectivity index (χ1v) is 8.36. The maximum Gasteiger partial charge on any atom is 0.344 e. The van der Waals surface area contributed by atoms with E-state index in [0.29, 0.717) is 27.2 Å². The fraction of sp³-hybridized carbons (Fsp3) is 0.222. The lowest BCUT2D eigenvalue weighted by Crippen LogP contribution is -2.31. The molecule has 8 heteroatoms. The van der Waals surface area contributed by atoms with E-state index in [4.69, 9.17) is 37.4 Å². The van der Waals surface area contributed by atoms with Gasteiger partial charge in [0.15, 0.2) is 12.7 Å². The molecule has 26 heavy (non-hydrogen) atoms. The van der Waals surface area contributed by atoms with Crippen LogP contribution in [-0.4, -0.2) is 31.7 Å². The fourth-order valence-corrected chi connectivity index (χ4v) is 2.49. The molecule has 0 saturated carbocycles. The first kappa shape index (κ1) is 19.9. The number of anilines is 1. The summed E-state index contributed by atoms with van der Waals surface area (Å²) in [6.07, 6.45) is -1.01. The zero-order chi connectivity index (χ0) is 19.1. The topological polar surface area (TPSA) is 73.9 Å². The molecular formula is C18H17Cl2NO5. The Balaban J connectivity index is 1.82. The van der Waals surface area contributed by atoms with Gasteiger partial charge in [-0.25, -0.2) is 4.79 Å². The van der Waals surface area contributed by atoms with Gasteiger partial charge in [-0.05, 0) is 49.4 Å². The summed E-state index contributed by atoms with van der Waals surface area (Å²) in [6, 6.07) is 11.3. The molecule has 2 rings (SSSR count). The number of hydrogen-bond donors (Lipinski definition) is 1. The number of esters is 1. The van der Waals surface area contributed by atoms with Gasteiger partial charge in [0.1, 0.15) is 11.5 Å². The molecule has 0 fully saturated rings. The Morgan fingerprint density at radius 2 is 1.62 bits per heavy atom. The minimum absolute atomic E-state index is 0.326. The number of nitrogens with one attached hydrogen (secondary N) is 1. The van der Waals surface area contributed by atoms with Gasteiger partial charge >= 0.3 is 5.97 Å². The van der Waals surface area contributed by atoms with Crippen LogP contribution in [0.4, 0.5) is 5.69 Å². The first-order chi connectivity index (χ1) is 12.4. The van der Waals surface area contributed by atoms with Crippen LogP contribution < -0.4 is 14.8 Å². The van der Waals surface area contributed by atoms with E-state index in [2.05, 4.69) is 5.32 Å². The number of ether oxygens (including phenoxy) is 3. The third-order valence-electron chi connectivity index (χ3n) is 3.22. The second kappa shape index (κ2) is 9.31. The molecule has 138 valence electrons. The van der Waals surface area contributed by atoms with Crippen molar-refractivity contribution < 1.29 is 23.8 Å². The monoisotopic (exact) mass is 397 g/mol. The van der Waals surface area contributed by atoms with Crippen LogP contribution in [0.3, 0.4) is 0 Å². The number of carbonyl (C=O) groups excluding carboxylic acids is 2. The van der Waals surface area contributed by atoms with E-state index < -0.39 is 18.0 Å². The number of hydrogen-bond acceptors (Lipinski definition) is 5. The summed E-state index contributed by atoms with van der Waals surface area (Å²) in [4.78, 5) is 23.9. The van der Waals surface area contributed by atoms with Crippen LogP contribution in [0.5, 0.6) is 11.5 Å². The van der Waals surface area contributed by atoms with E-state index in [1.54, 1.807) is 37.4 Å². The molecule has 0 aliphatic carbocycles. The second-order valence-electron chi connectivity index (χ2n) is 5.24. The summed E-state index contributed by atoms with van der Waals surface area (Å²) in [6.45, 7) is 1.12. The second-order valence-corrected chi connectivity index (χ2v) is 6.12. The summed E-state index contributed by atoms with van der Waals surface area (Å²) in [5.41, 5.74) is 0.407. The van der Waals surface area contributed by atoms with E-state index in [1.807, 2.05) is 0 Å². The summed E-state index contributed by atoms with van der Waals surface area (Å²) >= 11 is 11.7. The van der Waals surface area contributed by atoms with Crippen molar-refractivity contribution in [3.05, 3.63) is 52.5 Å². The molecule has 0 bridgehead atoms. The highest BCUT2D eigenvalue weighted by Crippen LogP contribution is 2.22. The van der Waals surface area contributed by atoms with Crippen LogP contribution in [0.25, 0.3) is 0 Å². The average molecular weight is 398 g/mol. The molecule has 6 nitrogen and oxygen atoms in total. The van der Waals surface area contributed by atoms with Gasteiger partial charge in [0.05, 0.1) is 7.11 Å². The third kappa shape index (κ3) is 6.13. The standard InChI is InChI=1S/C18H17Cl2NO5/c1-11(18(23)21-14-8-12(19)7-13(20)9-14)26-17(22)10-25-16-5-3-15(24-2)4-6-16/h3-9,11H,10H2,1-2H3,(H,21,23). The zero-order valence-corrected chi connectivity index (χ0v) is 15.6. The Morgan fingerprint density at radius 1 is 1.04 bits per heavy atom. The van der Waals surface area contributed by atoms with Crippen LogP contribution >= 0.6 is 23.2 Å². The van der Waals surface area contributed by atoms with E-state index in [9.17, 15) is 9.59 Å². The largest absolute Gasteiger partial charge is 0.497 e. The molecule has 0 heterocycles. The molecule has 2 aromatic carbocycles. The molecule has 0 saturated heterocycles. The smallest absolute Gasteiger partial charge is 0.344 e.